The van der Waals surface area contributed by atoms with Gasteiger partial charge in [0.2, 0.25) is 5.76 Å². The van der Waals surface area contributed by atoms with Crippen molar-refractivity contribution in [3.8, 4) is 11.3 Å². The molecule has 4 heteroatoms. The van der Waals surface area contributed by atoms with E-state index in [1.807, 2.05) is 48.5 Å². The van der Waals surface area contributed by atoms with Crippen LogP contribution in [0.1, 0.15) is 35.4 Å². The molecule has 0 aliphatic heterocycles. The van der Waals surface area contributed by atoms with E-state index in [-0.39, 0.29) is 11.7 Å². The van der Waals surface area contributed by atoms with Crippen LogP contribution in [-0.2, 0) is 0 Å². The van der Waals surface area contributed by atoms with Gasteiger partial charge in [-0.05, 0) is 17.9 Å². The number of aromatic nitrogens is 1. The van der Waals surface area contributed by atoms with Crippen LogP contribution in [0.4, 0.5) is 0 Å². The first-order chi connectivity index (χ1) is 11.7. The molecule has 1 aromatic heterocycles. The number of carbonyl (C=O) groups is 1. The van der Waals surface area contributed by atoms with E-state index in [4.69, 9.17) is 4.52 Å². The Balaban J connectivity index is 1.53. The van der Waals surface area contributed by atoms with E-state index >= 15 is 0 Å². The Labute approximate surface area is 141 Å². The molecule has 0 spiro atoms. The molecule has 4 nitrogen and oxygen atoms in total. The zero-order chi connectivity index (χ0) is 16.8. The van der Waals surface area contributed by atoms with Gasteiger partial charge in [0.1, 0.15) is 5.69 Å². The molecule has 3 rings (SSSR count). The molecule has 0 radical (unpaired) electrons. The molecule has 0 bridgehead atoms. The van der Waals surface area contributed by atoms with Crippen molar-refractivity contribution in [2.45, 2.75) is 19.3 Å². The second-order valence-electron chi connectivity index (χ2n) is 5.80. The maximum atomic E-state index is 12.2. The Morgan fingerprint density at radius 3 is 2.46 bits per heavy atom. The van der Waals surface area contributed by atoms with Crippen molar-refractivity contribution in [1.82, 2.24) is 10.5 Å². The molecule has 122 valence electrons. The molecular weight excluding hydrogens is 300 g/mol. The highest BCUT2D eigenvalue weighted by Crippen LogP contribution is 2.19. The molecule has 0 aliphatic rings. The zero-order valence-electron chi connectivity index (χ0n) is 13.6. The number of nitrogens with one attached hydrogen (secondary N) is 1. The van der Waals surface area contributed by atoms with Crippen molar-refractivity contribution in [1.29, 1.82) is 0 Å². The lowest BCUT2D eigenvalue weighted by atomic mass is 9.98. The summed E-state index contributed by atoms with van der Waals surface area (Å²) >= 11 is 0. The van der Waals surface area contributed by atoms with Gasteiger partial charge in [-0.3, -0.25) is 4.79 Å². The Morgan fingerprint density at radius 1 is 1.08 bits per heavy atom. The zero-order valence-corrected chi connectivity index (χ0v) is 13.6. The average molecular weight is 320 g/mol. The molecule has 0 fully saturated rings. The lowest BCUT2D eigenvalue weighted by Gasteiger charge is -2.11. The molecule has 3 aromatic rings. The summed E-state index contributed by atoms with van der Waals surface area (Å²) in [6.45, 7) is 2.75. The van der Waals surface area contributed by atoms with Crippen LogP contribution in [0.3, 0.4) is 0 Å². The molecule has 2 aromatic carbocycles. The van der Waals surface area contributed by atoms with Crippen molar-refractivity contribution in [2.24, 2.45) is 0 Å². The minimum absolute atomic E-state index is 0.232. The van der Waals surface area contributed by atoms with Crippen LogP contribution in [0.15, 0.2) is 71.3 Å². The molecule has 0 saturated heterocycles. The fourth-order valence-electron chi connectivity index (χ4n) is 2.56. The lowest BCUT2D eigenvalue weighted by molar-refractivity contribution is 0.0916. The van der Waals surface area contributed by atoms with Gasteiger partial charge in [-0.2, -0.15) is 0 Å². The van der Waals surface area contributed by atoms with Gasteiger partial charge in [-0.15, -0.1) is 0 Å². The van der Waals surface area contributed by atoms with Gasteiger partial charge in [0.15, 0.2) is 0 Å². The largest absolute Gasteiger partial charge is 0.350 e. The predicted molar refractivity (Wildman–Crippen MR) is 93.7 cm³/mol. The predicted octanol–water partition coefficient (Wildman–Crippen LogP) is 4.27. The molecule has 0 saturated carbocycles. The third kappa shape index (κ3) is 3.90. The minimum atomic E-state index is -0.232. The number of hydrogen-bond donors (Lipinski definition) is 1. The van der Waals surface area contributed by atoms with Crippen LogP contribution in [0.5, 0.6) is 0 Å². The first kappa shape index (κ1) is 16.0. The van der Waals surface area contributed by atoms with E-state index in [9.17, 15) is 4.79 Å². The number of carbonyl (C=O) groups excluding carboxylic acids is 1. The summed E-state index contributed by atoms with van der Waals surface area (Å²) in [7, 11) is 0. The van der Waals surface area contributed by atoms with E-state index in [1.54, 1.807) is 6.07 Å². The van der Waals surface area contributed by atoms with Crippen LogP contribution >= 0.6 is 0 Å². The molecular formula is C20H20N2O2. The Kier molecular flexibility index (Phi) is 5.06. The van der Waals surface area contributed by atoms with Crippen LogP contribution in [0, 0.1) is 0 Å². The van der Waals surface area contributed by atoms with E-state index in [0.29, 0.717) is 18.2 Å². The Morgan fingerprint density at radius 2 is 1.75 bits per heavy atom. The number of hydrogen-bond acceptors (Lipinski definition) is 3. The fourth-order valence-corrected chi connectivity index (χ4v) is 2.56. The number of amides is 1. The highest BCUT2D eigenvalue weighted by atomic mass is 16.5. The minimum Gasteiger partial charge on any atom is -0.350 e. The quantitative estimate of drug-likeness (QED) is 0.738. The van der Waals surface area contributed by atoms with Crippen LogP contribution < -0.4 is 5.32 Å². The average Bonchev–Trinajstić information content (AvgIpc) is 3.13. The second kappa shape index (κ2) is 7.59. The summed E-state index contributed by atoms with van der Waals surface area (Å²) in [5.41, 5.74) is 2.87. The molecule has 1 amide bonds. The Bertz CT molecular complexity index is 782. The summed E-state index contributed by atoms with van der Waals surface area (Å²) in [6, 6.07) is 21.6. The van der Waals surface area contributed by atoms with E-state index in [1.165, 1.54) is 5.56 Å². The summed E-state index contributed by atoms with van der Waals surface area (Å²) in [5.74, 6) is 0.396. The van der Waals surface area contributed by atoms with Crippen molar-refractivity contribution in [3.05, 3.63) is 78.1 Å². The summed E-state index contributed by atoms with van der Waals surface area (Å²) in [5, 5.41) is 6.85. The molecule has 1 atom stereocenters. The highest BCUT2D eigenvalue weighted by molar-refractivity contribution is 5.92. The topological polar surface area (TPSA) is 55.1 Å². The van der Waals surface area contributed by atoms with Gasteiger partial charge in [0, 0.05) is 18.2 Å². The van der Waals surface area contributed by atoms with Gasteiger partial charge < -0.3 is 9.84 Å². The first-order valence-corrected chi connectivity index (χ1v) is 8.09. The lowest BCUT2D eigenvalue weighted by Crippen LogP contribution is -2.24. The Hall–Kier alpha value is -2.88. The van der Waals surface area contributed by atoms with Crippen molar-refractivity contribution < 1.29 is 9.32 Å². The van der Waals surface area contributed by atoms with Gasteiger partial charge >= 0.3 is 0 Å². The summed E-state index contributed by atoms with van der Waals surface area (Å²) < 4.78 is 5.16. The van der Waals surface area contributed by atoms with Crippen molar-refractivity contribution in [3.63, 3.8) is 0 Å². The normalized spacial score (nSPS) is 11.9. The fraction of sp³-hybridized carbons (Fsp3) is 0.200. The molecule has 1 unspecified atom stereocenters. The summed E-state index contributed by atoms with van der Waals surface area (Å²) in [4.78, 5) is 12.2. The van der Waals surface area contributed by atoms with E-state index in [0.717, 1.165) is 12.0 Å². The molecule has 24 heavy (non-hydrogen) atoms. The number of nitrogens with zero attached hydrogens (tertiary/aromatic N) is 1. The summed E-state index contributed by atoms with van der Waals surface area (Å²) in [6.07, 6.45) is 0.870. The second-order valence-corrected chi connectivity index (χ2v) is 5.80. The van der Waals surface area contributed by atoms with E-state index in [2.05, 4.69) is 29.5 Å². The molecule has 1 N–H and O–H groups in total. The maximum Gasteiger partial charge on any atom is 0.289 e. The maximum absolute atomic E-state index is 12.2. The van der Waals surface area contributed by atoms with Gasteiger partial charge in [0.05, 0.1) is 0 Å². The number of benzene rings is 2. The van der Waals surface area contributed by atoms with Crippen molar-refractivity contribution >= 4 is 5.91 Å². The first-order valence-electron chi connectivity index (χ1n) is 8.09. The van der Waals surface area contributed by atoms with Gasteiger partial charge in [-0.25, -0.2) is 0 Å². The molecule has 1 heterocycles. The third-order valence-electron chi connectivity index (χ3n) is 4.04. The monoisotopic (exact) mass is 320 g/mol. The standard InChI is InChI=1S/C20H20N2O2/c1-15(16-8-4-2-5-9-16)12-13-21-20(23)19-14-18(22-24-19)17-10-6-3-7-11-17/h2-11,14-15H,12-13H2,1H3,(H,21,23). The highest BCUT2D eigenvalue weighted by Gasteiger charge is 2.14. The van der Waals surface area contributed by atoms with Crippen LogP contribution in [-0.4, -0.2) is 17.6 Å². The van der Waals surface area contributed by atoms with Crippen LogP contribution in [0.2, 0.25) is 0 Å². The molecule has 0 aliphatic carbocycles. The third-order valence-corrected chi connectivity index (χ3v) is 4.04. The van der Waals surface area contributed by atoms with E-state index < -0.39 is 0 Å². The van der Waals surface area contributed by atoms with Crippen molar-refractivity contribution in [2.75, 3.05) is 6.54 Å². The SMILES string of the molecule is CC(CCNC(=O)c1cc(-c2ccccc2)no1)c1ccccc1. The van der Waals surface area contributed by atoms with Gasteiger partial charge in [-0.1, -0.05) is 72.7 Å². The smallest absolute Gasteiger partial charge is 0.289 e. The number of rotatable bonds is 6. The van der Waals surface area contributed by atoms with Gasteiger partial charge in [0.25, 0.3) is 5.91 Å². The van der Waals surface area contributed by atoms with Crippen LogP contribution in [0.25, 0.3) is 11.3 Å².